The number of carbonyl (C=O) groups is 1. The van der Waals surface area contributed by atoms with E-state index in [0.717, 1.165) is 37.1 Å². The van der Waals surface area contributed by atoms with Crippen molar-refractivity contribution in [3.63, 3.8) is 0 Å². The average Bonchev–Trinajstić information content (AvgIpc) is 2.46. The van der Waals surface area contributed by atoms with Crippen LogP contribution >= 0.6 is 0 Å². The van der Waals surface area contributed by atoms with Crippen molar-refractivity contribution >= 4 is 11.5 Å². The molecule has 1 N–H and O–H groups in total. The summed E-state index contributed by atoms with van der Waals surface area (Å²) < 4.78 is 5.51. The lowest BCUT2D eigenvalue weighted by Gasteiger charge is -2.27. The molecule has 1 amide bonds. The smallest absolute Gasteiger partial charge is 0.244 e. The molecule has 2 rings (SSSR count). The van der Waals surface area contributed by atoms with Crippen molar-refractivity contribution < 1.29 is 9.53 Å². The summed E-state index contributed by atoms with van der Waals surface area (Å²) in [6.45, 7) is 5.60. The lowest BCUT2D eigenvalue weighted by Crippen LogP contribution is -2.33. The Morgan fingerprint density at radius 2 is 2.15 bits per heavy atom. The summed E-state index contributed by atoms with van der Waals surface area (Å²) in [4.78, 5) is 11.9. The summed E-state index contributed by atoms with van der Waals surface area (Å²) in [6.07, 6.45) is 4.05. The highest BCUT2D eigenvalue weighted by Crippen LogP contribution is 2.19. The van der Waals surface area contributed by atoms with Crippen molar-refractivity contribution in [2.24, 2.45) is 5.92 Å². The van der Waals surface area contributed by atoms with Crippen molar-refractivity contribution in [3.05, 3.63) is 42.0 Å². The van der Waals surface area contributed by atoms with Crippen LogP contribution in [0.5, 0.6) is 0 Å². The van der Waals surface area contributed by atoms with E-state index in [2.05, 4.69) is 12.2 Å². The van der Waals surface area contributed by atoms with Crippen molar-refractivity contribution in [1.82, 2.24) is 5.32 Å². The molecule has 20 heavy (non-hydrogen) atoms. The molecule has 0 saturated carbocycles. The maximum absolute atomic E-state index is 11.9. The largest absolute Gasteiger partial charge is 0.378 e. The average molecular weight is 273 g/mol. The molecule has 0 radical (unpaired) electrons. The molecule has 2 atom stereocenters. The molecule has 3 heteroatoms. The summed E-state index contributed by atoms with van der Waals surface area (Å²) in [5.41, 5.74) is 2.07. The van der Waals surface area contributed by atoms with Crippen LogP contribution in [0.25, 0.3) is 5.57 Å². The summed E-state index contributed by atoms with van der Waals surface area (Å²) in [5, 5.41) is 3.00. The van der Waals surface area contributed by atoms with Crippen molar-refractivity contribution in [2.45, 2.75) is 32.8 Å². The maximum Gasteiger partial charge on any atom is 0.244 e. The fourth-order valence-corrected chi connectivity index (χ4v) is 2.55. The Morgan fingerprint density at radius 3 is 2.85 bits per heavy atom. The van der Waals surface area contributed by atoms with E-state index in [4.69, 9.17) is 4.74 Å². The van der Waals surface area contributed by atoms with Gasteiger partial charge in [0.2, 0.25) is 5.91 Å². The second-order valence-electron chi connectivity index (χ2n) is 5.51. The van der Waals surface area contributed by atoms with Gasteiger partial charge in [-0.3, -0.25) is 4.79 Å². The highest BCUT2D eigenvalue weighted by atomic mass is 16.5. The Hall–Kier alpha value is -1.61. The first-order valence-electron chi connectivity index (χ1n) is 7.28. The number of ether oxygens (including phenoxy) is 1. The number of allylic oxidation sites excluding steroid dienone is 1. The van der Waals surface area contributed by atoms with Crippen LogP contribution in [0.4, 0.5) is 0 Å². The SMILES string of the molecule is C/C(=C\C(=O)NCC1CCOC(C)C1)c1ccccc1. The molecule has 1 aromatic carbocycles. The zero-order valence-corrected chi connectivity index (χ0v) is 12.3. The van der Waals surface area contributed by atoms with Gasteiger partial charge >= 0.3 is 0 Å². The monoisotopic (exact) mass is 273 g/mol. The van der Waals surface area contributed by atoms with E-state index < -0.39 is 0 Å². The lowest BCUT2D eigenvalue weighted by atomic mass is 9.96. The van der Waals surface area contributed by atoms with E-state index in [1.54, 1.807) is 6.08 Å². The zero-order valence-electron chi connectivity index (χ0n) is 12.3. The number of hydrogen-bond donors (Lipinski definition) is 1. The lowest BCUT2D eigenvalue weighted by molar-refractivity contribution is -0.116. The molecule has 0 aliphatic carbocycles. The third-order valence-electron chi connectivity index (χ3n) is 3.74. The molecule has 0 aromatic heterocycles. The first-order valence-corrected chi connectivity index (χ1v) is 7.28. The van der Waals surface area contributed by atoms with Crippen LogP contribution < -0.4 is 5.32 Å². The zero-order chi connectivity index (χ0) is 14.4. The van der Waals surface area contributed by atoms with Crippen molar-refractivity contribution in [1.29, 1.82) is 0 Å². The van der Waals surface area contributed by atoms with Gasteiger partial charge in [-0.15, -0.1) is 0 Å². The molecule has 1 aromatic rings. The van der Waals surface area contributed by atoms with Gasteiger partial charge in [0.1, 0.15) is 0 Å². The molecule has 1 aliphatic rings. The Labute approximate surface area is 121 Å². The Kier molecular flexibility index (Phi) is 5.36. The van der Waals surface area contributed by atoms with Gasteiger partial charge in [-0.2, -0.15) is 0 Å². The van der Waals surface area contributed by atoms with Crippen molar-refractivity contribution in [3.8, 4) is 0 Å². The molecule has 0 spiro atoms. The van der Waals surface area contributed by atoms with Gasteiger partial charge in [0.05, 0.1) is 6.10 Å². The fraction of sp³-hybridized carbons (Fsp3) is 0.471. The predicted molar refractivity (Wildman–Crippen MR) is 81.2 cm³/mol. The molecule has 1 saturated heterocycles. The molecule has 0 bridgehead atoms. The normalized spacial score (nSPS) is 23.4. The second kappa shape index (κ2) is 7.25. The summed E-state index contributed by atoms with van der Waals surface area (Å²) in [6, 6.07) is 9.96. The molecule has 108 valence electrons. The number of carbonyl (C=O) groups excluding carboxylic acids is 1. The third kappa shape index (κ3) is 4.49. The van der Waals surface area contributed by atoms with Crippen LogP contribution in [0.3, 0.4) is 0 Å². The Morgan fingerprint density at radius 1 is 1.40 bits per heavy atom. The van der Waals surface area contributed by atoms with E-state index in [1.165, 1.54) is 0 Å². The van der Waals surface area contributed by atoms with E-state index in [0.29, 0.717) is 12.0 Å². The molecule has 3 nitrogen and oxygen atoms in total. The molecule has 1 heterocycles. The van der Waals surface area contributed by atoms with E-state index in [1.807, 2.05) is 37.3 Å². The van der Waals surface area contributed by atoms with E-state index in [9.17, 15) is 4.79 Å². The number of benzene rings is 1. The van der Waals surface area contributed by atoms with Gasteiger partial charge in [0, 0.05) is 19.2 Å². The van der Waals surface area contributed by atoms with Crippen molar-refractivity contribution in [2.75, 3.05) is 13.2 Å². The number of rotatable bonds is 4. The second-order valence-corrected chi connectivity index (χ2v) is 5.51. The summed E-state index contributed by atoms with van der Waals surface area (Å²) in [5.74, 6) is 0.527. The Balaban J connectivity index is 1.83. The standard InChI is InChI=1S/C17H23NO2/c1-13(16-6-4-3-5-7-16)10-17(19)18-12-15-8-9-20-14(2)11-15/h3-7,10,14-15H,8-9,11-12H2,1-2H3,(H,18,19)/b13-10+. The molecular formula is C17H23NO2. The molecular weight excluding hydrogens is 250 g/mol. The van der Waals surface area contributed by atoms with Gasteiger partial charge in [0.25, 0.3) is 0 Å². The van der Waals surface area contributed by atoms with Crippen LogP contribution in [-0.2, 0) is 9.53 Å². The summed E-state index contributed by atoms with van der Waals surface area (Å²) >= 11 is 0. The van der Waals surface area contributed by atoms with Crippen LogP contribution in [0, 0.1) is 5.92 Å². The van der Waals surface area contributed by atoms with Gasteiger partial charge in [-0.05, 0) is 43.7 Å². The highest BCUT2D eigenvalue weighted by molar-refractivity contribution is 5.94. The first kappa shape index (κ1) is 14.8. The van der Waals surface area contributed by atoms with Gasteiger partial charge in [0.15, 0.2) is 0 Å². The van der Waals surface area contributed by atoms with Gasteiger partial charge in [-0.25, -0.2) is 0 Å². The minimum Gasteiger partial charge on any atom is -0.378 e. The number of amides is 1. The fourth-order valence-electron chi connectivity index (χ4n) is 2.55. The molecule has 2 unspecified atom stereocenters. The van der Waals surface area contributed by atoms with Gasteiger partial charge in [-0.1, -0.05) is 30.3 Å². The number of hydrogen-bond acceptors (Lipinski definition) is 2. The summed E-state index contributed by atoms with van der Waals surface area (Å²) in [7, 11) is 0. The Bertz CT molecular complexity index is 467. The first-order chi connectivity index (χ1) is 9.65. The maximum atomic E-state index is 11.9. The molecule has 1 aliphatic heterocycles. The van der Waals surface area contributed by atoms with Crippen LogP contribution in [0.2, 0.25) is 0 Å². The predicted octanol–water partition coefficient (Wildman–Crippen LogP) is 3.02. The minimum absolute atomic E-state index is 0.00880. The van der Waals surface area contributed by atoms with Crippen LogP contribution in [0.15, 0.2) is 36.4 Å². The minimum atomic E-state index is -0.00880. The molecule has 1 fully saturated rings. The topological polar surface area (TPSA) is 38.3 Å². The van der Waals surface area contributed by atoms with Gasteiger partial charge < -0.3 is 10.1 Å². The van der Waals surface area contributed by atoms with E-state index in [-0.39, 0.29) is 5.91 Å². The highest BCUT2D eigenvalue weighted by Gasteiger charge is 2.19. The van der Waals surface area contributed by atoms with Crippen LogP contribution in [0.1, 0.15) is 32.3 Å². The quantitative estimate of drug-likeness (QED) is 0.856. The van der Waals surface area contributed by atoms with E-state index >= 15 is 0 Å². The van der Waals surface area contributed by atoms with Crippen LogP contribution in [-0.4, -0.2) is 25.2 Å². The number of nitrogens with one attached hydrogen (secondary N) is 1. The third-order valence-corrected chi connectivity index (χ3v) is 3.74.